The molecule has 1 aromatic heterocycles. The average Bonchev–Trinajstić information content (AvgIpc) is 2.91. The topological polar surface area (TPSA) is 171 Å². The van der Waals surface area contributed by atoms with Gasteiger partial charge in [-0.15, -0.1) is 0 Å². The molecule has 1 aliphatic rings. The number of para-hydroxylation sites is 1. The smallest absolute Gasteiger partial charge is 0.332 e. The van der Waals surface area contributed by atoms with E-state index in [1.165, 1.54) is 29.8 Å². The molecule has 200 valence electrons. The zero-order chi connectivity index (χ0) is 27.6. The molecule has 0 amide bonds. The highest BCUT2D eigenvalue weighted by Crippen LogP contribution is 2.27. The number of nitro groups is 1. The van der Waals surface area contributed by atoms with E-state index in [9.17, 15) is 32.9 Å². The van der Waals surface area contributed by atoms with Gasteiger partial charge in [-0.3, -0.25) is 33.7 Å². The van der Waals surface area contributed by atoms with E-state index in [2.05, 4.69) is 0 Å². The van der Waals surface area contributed by atoms with Crippen LogP contribution in [0.25, 0.3) is 0 Å². The van der Waals surface area contributed by atoms with E-state index in [1.807, 2.05) is 6.07 Å². The molecule has 0 aliphatic carbocycles. The van der Waals surface area contributed by atoms with Crippen LogP contribution in [0, 0.1) is 10.1 Å². The minimum atomic E-state index is -4.13. The molecule has 0 bridgehead atoms. The van der Waals surface area contributed by atoms with E-state index in [0.717, 1.165) is 20.5 Å². The van der Waals surface area contributed by atoms with Crippen LogP contribution in [-0.4, -0.2) is 70.2 Å². The lowest BCUT2D eigenvalue weighted by atomic mass is 10.1. The first-order chi connectivity index (χ1) is 18.0. The van der Waals surface area contributed by atoms with Crippen molar-refractivity contribution in [3.05, 3.63) is 96.7 Å². The fraction of sp³-hybridized carbons (Fsp3) is 0.292. The van der Waals surface area contributed by atoms with Gasteiger partial charge in [-0.1, -0.05) is 42.5 Å². The highest BCUT2D eigenvalue weighted by Gasteiger charge is 2.34. The first kappa shape index (κ1) is 26.9. The number of hydrogen-bond donors (Lipinski definition) is 1. The summed E-state index contributed by atoms with van der Waals surface area (Å²) in [6.07, 6.45) is 0. The summed E-state index contributed by atoms with van der Waals surface area (Å²) in [7, 11) is -2.86. The SMILES string of the molecule is Cn1c(=O)c(C(=O)CN2CCN(S(=O)(=O)c3ccccc3[N+](=O)[O-])CC2)c(N)n(Cc2ccccc2)c1=O. The number of hydrogen-bond acceptors (Lipinski definition) is 9. The van der Waals surface area contributed by atoms with Crippen LogP contribution in [-0.2, 0) is 23.6 Å². The molecule has 3 aromatic rings. The zero-order valence-electron chi connectivity index (χ0n) is 20.5. The van der Waals surface area contributed by atoms with Gasteiger partial charge in [0.1, 0.15) is 11.4 Å². The van der Waals surface area contributed by atoms with Crippen molar-refractivity contribution in [1.29, 1.82) is 0 Å². The number of nitrogen functional groups attached to an aromatic ring is 1. The van der Waals surface area contributed by atoms with Crippen molar-refractivity contribution < 1.29 is 18.1 Å². The Morgan fingerprint density at radius 1 is 1.00 bits per heavy atom. The predicted molar refractivity (Wildman–Crippen MR) is 139 cm³/mol. The van der Waals surface area contributed by atoms with E-state index >= 15 is 0 Å². The average molecular weight is 543 g/mol. The number of Topliss-reactive ketones (excluding diaryl/α,β-unsaturated/α-hetero) is 1. The van der Waals surface area contributed by atoms with E-state index in [1.54, 1.807) is 29.2 Å². The Balaban J connectivity index is 1.51. The van der Waals surface area contributed by atoms with Crippen molar-refractivity contribution in [2.24, 2.45) is 7.05 Å². The number of ketones is 1. The molecule has 0 saturated carbocycles. The number of nitro benzene ring substituents is 1. The van der Waals surface area contributed by atoms with E-state index < -0.39 is 42.6 Å². The molecule has 2 N–H and O–H groups in total. The van der Waals surface area contributed by atoms with Gasteiger partial charge in [-0.05, 0) is 11.6 Å². The van der Waals surface area contributed by atoms with E-state index in [0.29, 0.717) is 0 Å². The number of nitrogens with zero attached hydrogens (tertiary/aromatic N) is 5. The monoisotopic (exact) mass is 542 g/mol. The molecular weight excluding hydrogens is 516 g/mol. The Labute approximate surface area is 217 Å². The van der Waals surface area contributed by atoms with Gasteiger partial charge < -0.3 is 5.73 Å². The highest BCUT2D eigenvalue weighted by atomic mass is 32.2. The Bertz CT molecular complexity index is 1610. The lowest BCUT2D eigenvalue weighted by molar-refractivity contribution is -0.387. The van der Waals surface area contributed by atoms with Crippen molar-refractivity contribution in [2.45, 2.75) is 11.4 Å². The van der Waals surface area contributed by atoms with Gasteiger partial charge in [0, 0.05) is 39.3 Å². The second-order valence-corrected chi connectivity index (χ2v) is 10.7. The zero-order valence-corrected chi connectivity index (χ0v) is 21.3. The molecule has 0 atom stereocenters. The summed E-state index contributed by atoms with van der Waals surface area (Å²) in [5.74, 6) is -0.829. The third-order valence-corrected chi connectivity index (χ3v) is 8.37. The number of sulfonamides is 1. The first-order valence-corrected chi connectivity index (χ1v) is 13.1. The summed E-state index contributed by atoms with van der Waals surface area (Å²) in [5.41, 5.74) is 4.64. The Morgan fingerprint density at radius 3 is 2.24 bits per heavy atom. The number of benzene rings is 2. The van der Waals surface area contributed by atoms with E-state index in [4.69, 9.17) is 5.73 Å². The summed E-state index contributed by atoms with van der Waals surface area (Å²) in [4.78, 5) is 50.5. The highest BCUT2D eigenvalue weighted by molar-refractivity contribution is 7.89. The third-order valence-electron chi connectivity index (χ3n) is 6.42. The van der Waals surface area contributed by atoms with Gasteiger partial charge >= 0.3 is 5.69 Å². The third kappa shape index (κ3) is 5.14. The number of rotatable bonds is 8. The van der Waals surface area contributed by atoms with Crippen molar-refractivity contribution in [1.82, 2.24) is 18.3 Å². The van der Waals surface area contributed by atoms with Crippen LogP contribution < -0.4 is 17.0 Å². The largest absolute Gasteiger partial charge is 0.384 e. The van der Waals surface area contributed by atoms with Crippen LogP contribution in [0.2, 0.25) is 0 Å². The van der Waals surface area contributed by atoms with Crippen LogP contribution in [0.5, 0.6) is 0 Å². The Hall–Kier alpha value is -4.14. The van der Waals surface area contributed by atoms with Crippen molar-refractivity contribution in [3.63, 3.8) is 0 Å². The number of piperazine rings is 1. The number of carbonyl (C=O) groups is 1. The maximum absolute atomic E-state index is 13.2. The van der Waals surface area contributed by atoms with Crippen LogP contribution in [0.1, 0.15) is 15.9 Å². The molecule has 0 radical (unpaired) electrons. The standard InChI is InChI=1S/C24H26N6O7S/c1-26-23(32)21(22(25)29(24(26)33)15-17-7-3-2-4-8-17)19(31)16-27-11-13-28(14-12-27)38(36,37)20-10-6-5-9-18(20)30(34)35/h2-10H,11-16,25H2,1H3. The normalized spacial score (nSPS) is 14.9. The van der Waals surface area contributed by atoms with Crippen molar-refractivity contribution >= 4 is 27.3 Å². The molecule has 13 nitrogen and oxygen atoms in total. The molecule has 1 aliphatic heterocycles. The lowest BCUT2D eigenvalue weighted by Gasteiger charge is -2.33. The van der Waals surface area contributed by atoms with E-state index in [-0.39, 0.29) is 50.6 Å². The molecule has 14 heteroatoms. The molecule has 1 saturated heterocycles. The minimum Gasteiger partial charge on any atom is -0.384 e. The second-order valence-electron chi connectivity index (χ2n) is 8.81. The molecule has 0 spiro atoms. The van der Waals surface area contributed by atoms with Crippen LogP contribution in [0.4, 0.5) is 11.5 Å². The summed E-state index contributed by atoms with van der Waals surface area (Å²) in [6, 6.07) is 14.1. The van der Waals surface area contributed by atoms with Gasteiger partial charge in [0.15, 0.2) is 10.7 Å². The summed E-state index contributed by atoms with van der Waals surface area (Å²) in [5, 5.41) is 11.3. The molecular formula is C24H26N6O7S. The summed E-state index contributed by atoms with van der Waals surface area (Å²) < 4.78 is 29.2. The van der Waals surface area contributed by atoms with Gasteiger partial charge in [-0.25, -0.2) is 13.2 Å². The second kappa shape index (κ2) is 10.7. The summed E-state index contributed by atoms with van der Waals surface area (Å²) >= 11 is 0. The van der Waals surface area contributed by atoms with Crippen molar-refractivity contribution in [3.8, 4) is 0 Å². The number of carbonyl (C=O) groups excluding carboxylic acids is 1. The lowest BCUT2D eigenvalue weighted by Crippen LogP contribution is -2.50. The summed E-state index contributed by atoms with van der Waals surface area (Å²) in [6.45, 7) is 0.126. The molecule has 2 aromatic carbocycles. The van der Waals surface area contributed by atoms with Crippen LogP contribution in [0.15, 0.2) is 69.1 Å². The van der Waals surface area contributed by atoms with Crippen molar-refractivity contribution in [2.75, 3.05) is 38.5 Å². The number of nitrogens with two attached hydrogens (primary N) is 1. The molecule has 38 heavy (non-hydrogen) atoms. The Morgan fingerprint density at radius 2 is 1.61 bits per heavy atom. The number of aromatic nitrogens is 2. The quantitative estimate of drug-likeness (QED) is 0.238. The number of anilines is 1. The first-order valence-electron chi connectivity index (χ1n) is 11.6. The fourth-order valence-corrected chi connectivity index (χ4v) is 5.92. The maximum atomic E-state index is 13.2. The molecule has 0 unspecified atom stereocenters. The Kier molecular flexibility index (Phi) is 7.57. The van der Waals surface area contributed by atoms with Gasteiger partial charge in [0.05, 0.1) is 18.0 Å². The molecule has 1 fully saturated rings. The molecule has 4 rings (SSSR count). The molecule has 2 heterocycles. The minimum absolute atomic E-state index is 0.0113. The van der Waals surface area contributed by atoms with Gasteiger partial charge in [0.25, 0.3) is 11.2 Å². The van der Waals surface area contributed by atoms with Gasteiger partial charge in [-0.2, -0.15) is 4.31 Å². The fourth-order valence-electron chi connectivity index (χ4n) is 4.34. The predicted octanol–water partition coefficient (Wildman–Crippen LogP) is 0.275. The van der Waals surface area contributed by atoms with Crippen LogP contribution >= 0.6 is 0 Å². The maximum Gasteiger partial charge on any atom is 0.332 e. The van der Waals surface area contributed by atoms with Crippen LogP contribution in [0.3, 0.4) is 0 Å². The van der Waals surface area contributed by atoms with Gasteiger partial charge in [0.2, 0.25) is 10.0 Å².